The van der Waals surface area contributed by atoms with Crippen molar-refractivity contribution in [1.82, 2.24) is 0 Å². The highest BCUT2D eigenvalue weighted by Gasteiger charge is 2.48. The first-order valence-electron chi connectivity index (χ1n) is 5.94. The van der Waals surface area contributed by atoms with Crippen LogP contribution in [0, 0.1) is 11.8 Å². The molecule has 0 aromatic carbocycles. The highest BCUT2D eigenvalue weighted by molar-refractivity contribution is 7.91. The molecule has 2 N–H and O–H groups in total. The van der Waals surface area contributed by atoms with Crippen LogP contribution in [-0.2, 0) is 9.84 Å². The van der Waals surface area contributed by atoms with Crippen molar-refractivity contribution in [3.05, 3.63) is 0 Å². The number of hydrogen-bond acceptors (Lipinski definition) is 3. The van der Waals surface area contributed by atoms with E-state index in [1.807, 2.05) is 0 Å². The molecule has 3 atom stereocenters. The Balaban J connectivity index is 1.95. The Bertz CT molecular complexity index is 338. The lowest BCUT2D eigenvalue weighted by Gasteiger charge is -2.33. The molecule has 2 bridgehead atoms. The first-order valence-corrected chi connectivity index (χ1v) is 7.76. The molecule has 0 heterocycles. The third-order valence-corrected chi connectivity index (χ3v) is 6.05. The molecule has 2 aliphatic carbocycles. The summed E-state index contributed by atoms with van der Waals surface area (Å²) in [5, 5.41) is 0. The molecule has 0 aromatic heterocycles. The van der Waals surface area contributed by atoms with Gasteiger partial charge in [0.05, 0.1) is 5.75 Å². The van der Waals surface area contributed by atoms with Crippen LogP contribution in [0.3, 0.4) is 0 Å². The standard InChI is InChI=1S/C11H21NO2S/c1-2-15(13,14)6-5-11(12)8-9-3-4-10(11)7-9/h9-10H,2-8,12H2,1H3. The summed E-state index contributed by atoms with van der Waals surface area (Å²) in [6.45, 7) is 1.71. The van der Waals surface area contributed by atoms with E-state index in [0.717, 1.165) is 12.3 Å². The van der Waals surface area contributed by atoms with Gasteiger partial charge in [0.1, 0.15) is 9.84 Å². The molecule has 2 aliphatic rings. The summed E-state index contributed by atoms with van der Waals surface area (Å²) in [6.07, 6.45) is 5.49. The van der Waals surface area contributed by atoms with Crippen molar-refractivity contribution >= 4 is 9.84 Å². The Kier molecular flexibility index (Phi) is 2.84. The first-order chi connectivity index (χ1) is 6.95. The summed E-state index contributed by atoms with van der Waals surface area (Å²) >= 11 is 0. The van der Waals surface area contributed by atoms with E-state index in [2.05, 4.69) is 0 Å². The maximum atomic E-state index is 11.4. The van der Waals surface area contributed by atoms with Crippen molar-refractivity contribution < 1.29 is 8.42 Å². The molecule has 0 spiro atoms. The van der Waals surface area contributed by atoms with Crippen LogP contribution >= 0.6 is 0 Å². The van der Waals surface area contributed by atoms with Gasteiger partial charge in [-0.1, -0.05) is 13.3 Å². The molecule has 3 unspecified atom stereocenters. The fraction of sp³-hybridized carbons (Fsp3) is 1.00. The number of sulfone groups is 1. The molecule has 0 saturated heterocycles. The van der Waals surface area contributed by atoms with E-state index in [4.69, 9.17) is 5.73 Å². The second-order valence-electron chi connectivity index (χ2n) is 5.30. The lowest BCUT2D eigenvalue weighted by molar-refractivity contribution is 0.263. The van der Waals surface area contributed by atoms with Gasteiger partial charge in [0.2, 0.25) is 0 Å². The lowest BCUT2D eigenvalue weighted by Crippen LogP contribution is -2.46. The van der Waals surface area contributed by atoms with Gasteiger partial charge in [-0.05, 0) is 37.5 Å². The van der Waals surface area contributed by atoms with E-state index in [0.29, 0.717) is 12.3 Å². The highest BCUT2D eigenvalue weighted by Crippen LogP contribution is 2.50. The quantitative estimate of drug-likeness (QED) is 0.794. The predicted octanol–water partition coefficient (Wildman–Crippen LogP) is 1.33. The van der Waals surface area contributed by atoms with Crippen molar-refractivity contribution in [1.29, 1.82) is 0 Å². The molecule has 2 saturated carbocycles. The Hall–Kier alpha value is -0.0900. The van der Waals surface area contributed by atoms with Gasteiger partial charge < -0.3 is 5.73 Å². The maximum absolute atomic E-state index is 11.4. The summed E-state index contributed by atoms with van der Waals surface area (Å²) in [6, 6.07) is 0. The Labute approximate surface area is 92.3 Å². The van der Waals surface area contributed by atoms with Gasteiger partial charge in [0.15, 0.2) is 0 Å². The minimum absolute atomic E-state index is 0.162. The average molecular weight is 231 g/mol. The maximum Gasteiger partial charge on any atom is 0.150 e. The molecule has 15 heavy (non-hydrogen) atoms. The van der Waals surface area contributed by atoms with Gasteiger partial charge in [-0.3, -0.25) is 0 Å². The monoisotopic (exact) mass is 231 g/mol. The van der Waals surface area contributed by atoms with Gasteiger partial charge in [-0.15, -0.1) is 0 Å². The number of hydrogen-bond donors (Lipinski definition) is 1. The van der Waals surface area contributed by atoms with Crippen molar-refractivity contribution in [2.75, 3.05) is 11.5 Å². The van der Waals surface area contributed by atoms with Crippen molar-refractivity contribution in [2.45, 2.75) is 44.6 Å². The Morgan fingerprint density at radius 1 is 1.40 bits per heavy atom. The lowest BCUT2D eigenvalue weighted by atomic mass is 9.80. The fourth-order valence-electron chi connectivity index (χ4n) is 3.28. The minimum Gasteiger partial charge on any atom is -0.325 e. The van der Waals surface area contributed by atoms with E-state index in [9.17, 15) is 8.42 Å². The van der Waals surface area contributed by atoms with Gasteiger partial charge >= 0.3 is 0 Å². The van der Waals surface area contributed by atoms with Crippen LogP contribution in [-0.4, -0.2) is 25.5 Å². The van der Waals surface area contributed by atoms with Crippen LogP contribution in [0.5, 0.6) is 0 Å². The summed E-state index contributed by atoms with van der Waals surface area (Å²) < 4.78 is 22.9. The van der Waals surface area contributed by atoms with Crippen LogP contribution in [0.4, 0.5) is 0 Å². The SMILES string of the molecule is CCS(=O)(=O)CCC1(N)CC2CCC1C2. The molecular weight excluding hydrogens is 210 g/mol. The zero-order valence-corrected chi connectivity index (χ0v) is 10.2. The molecule has 0 aliphatic heterocycles. The summed E-state index contributed by atoms with van der Waals surface area (Å²) in [7, 11) is -2.84. The summed E-state index contributed by atoms with van der Waals surface area (Å²) in [4.78, 5) is 0. The Morgan fingerprint density at radius 2 is 2.13 bits per heavy atom. The highest BCUT2D eigenvalue weighted by atomic mass is 32.2. The molecule has 2 fully saturated rings. The molecule has 3 nitrogen and oxygen atoms in total. The van der Waals surface area contributed by atoms with E-state index in [-0.39, 0.29) is 17.0 Å². The smallest absolute Gasteiger partial charge is 0.150 e. The van der Waals surface area contributed by atoms with Gasteiger partial charge in [-0.2, -0.15) is 0 Å². The molecule has 88 valence electrons. The van der Waals surface area contributed by atoms with Gasteiger partial charge in [0, 0.05) is 11.3 Å². The van der Waals surface area contributed by atoms with Crippen LogP contribution in [0.25, 0.3) is 0 Å². The molecule has 0 amide bonds. The topological polar surface area (TPSA) is 60.2 Å². The van der Waals surface area contributed by atoms with Crippen LogP contribution in [0.1, 0.15) is 39.0 Å². The zero-order valence-electron chi connectivity index (χ0n) is 9.41. The van der Waals surface area contributed by atoms with Crippen molar-refractivity contribution in [3.63, 3.8) is 0 Å². The second-order valence-corrected chi connectivity index (χ2v) is 7.77. The zero-order chi connectivity index (χ0) is 11.1. The van der Waals surface area contributed by atoms with Gasteiger partial charge in [-0.25, -0.2) is 8.42 Å². The molecule has 2 rings (SSSR count). The third kappa shape index (κ3) is 2.21. The van der Waals surface area contributed by atoms with Crippen molar-refractivity contribution in [2.24, 2.45) is 17.6 Å². The predicted molar refractivity (Wildman–Crippen MR) is 61.3 cm³/mol. The van der Waals surface area contributed by atoms with Crippen molar-refractivity contribution in [3.8, 4) is 0 Å². The normalized spacial score (nSPS) is 39.9. The Morgan fingerprint density at radius 3 is 2.60 bits per heavy atom. The average Bonchev–Trinajstić information content (AvgIpc) is 2.75. The molecular formula is C11H21NO2S. The second kappa shape index (κ2) is 3.74. The number of nitrogens with two attached hydrogens (primary N) is 1. The summed E-state index contributed by atoms with van der Waals surface area (Å²) in [5.74, 6) is 1.90. The molecule has 0 radical (unpaired) electrons. The number of fused-ring (bicyclic) bond motifs is 2. The fourth-order valence-corrected chi connectivity index (χ4v) is 4.26. The largest absolute Gasteiger partial charge is 0.325 e. The summed E-state index contributed by atoms with van der Waals surface area (Å²) in [5.41, 5.74) is 6.18. The number of rotatable bonds is 4. The third-order valence-electron chi connectivity index (χ3n) is 4.34. The van der Waals surface area contributed by atoms with Crippen LogP contribution in [0.2, 0.25) is 0 Å². The van der Waals surface area contributed by atoms with Crippen LogP contribution < -0.4 is 5.73 Å². The van der Waals surface area contributed by atoms with E-state index < -0.39 is 9.84 Å². The van der Waals surface area contributed by atoms with Gasteiger partial charge in [0.25, 0.3) is 0 Å². The van der Waals surface area contributed by atoms with Crippen LogP contribution in [0.15, 0.2) is 0 Å². The van der Waals surface area contributed by atoms with E-state index >= 15 is 0 Å². The molecule has 4 heteroatoms. The molecule has 0 aromatic rings. The minimum atomic E-state index is -2.84. The first kappa shape index (κ1) is 11.4. The van der Waals surface area contributed by atoms with E-state index in [1.54, 1.807) is 6.92 Å². The van der Waals surface area contributed by atoms with E-state index in [1.165, 1.54) is 19.3 Å².